The average Bonchev–Trinajstić information content (AvgIpc) is 2.52. The molecule has 0 unspecified atom stereocenters. The number of hydrogen-bond acceptors (Lipinski definition) is 3. The Labute approximate surface area is 82.8 Å². The van der Waals surface area contributed by atoms with Crippen LogP contribution in [0.4, 0.5) is 0 Å². The van der Waals surface area contributed by atoms with Gasteiger partial charge in [-0.15, -0.1) is 12.4 Å². The Bertz CT molecular complexity index is 191. The van der Waals surface area contributed by atoms with Gasteiger partial charge in [0.05, 0.1) is 0 Å². The summed E-state index contributed by atoms with van der Waals surface area (Å²) in [6, 6.07) is 2.14. The predicted molar refractivity (Wildman–Crippen MR) is 54.8 cm³/mol. The van der Waals surface area contributed by atoms with Crippen molar-refractivity contribution in [3.8, 4) is 0 Å². The highest BCUT2D eigenvalue weighted by molar-refractivity contribution is 7.07. The van der Waals surface area contributed by atoms with Crippen LogP contribution in [0.1, 0.15) is 24.4 Å². The maximum absolute atomic E-state index is 8.56. The summed E-state index contributed by atoms with van der Waals surface area (Å²) in [5.41, 5.74) is 7.00. The molecule has 70 valence electrons. The zero-order valence-electron chi connectivity index (χ0n) is 6.77. The number of halogens is 1. The standard InChI is InChI=1S/C8H13NOS.ClH/c9-8(2-1-4-10)7-3-5-11-6-7;/h3,5-6,8,10H,1-2,4,9H2;1H/t8-;/m1./s1. The minimum absolute atomic E-state index is 0. The first-order chi connectivity index (χ1) is 5.34. The van der Waals surface area contributed by atoms with Gasteiger partial charge in [0, 0.05) is 12.6 Å². The van der Waals surface area contributed by atoms with E-state index in [1.807, 2.05) is 11.4 Å². The van der Waals surface area contributed by atoms with Crippen LogP contribution in [0, 0.1) is 0 Å². The summed E-state index contributed by atoms with van der Waals surface area (Å²) in [6.07, 6.45) is 1.66. The molecule has 0 aliphatic carbocycles. The Kier molecular flexibility index (Phi) is 6.38. The van der Waals surface area contributed by atoms with E-state index >= 15 is 0 Å². The summed E-state index contributed by atoms with van der Waals surface area (Å²) >= 11 is 1.66. The quantitative estimate of drug-likeness (QED) is 0.793. The maximum Gasteiger partial charge on any atom is 0.0431 e. The number of nitrogens with two attached hydrogens (primary N) is 1. The van der Waals surface area contributed by atoms with E-state index in [1.165, 1.54) is 5.56 Å². The number of thiophene rings is 1. The third-order valence-corrected chi connectivity index (χ3v) is 2.35. The molecule has 1 aromatic heterocycles. The zero-order valence-corrected chi connectivity index (χ0v) is 8.40. The summed E-state index contributed by atoms with van der Waals surface area (Å²) in [5, 5.41) is 12.6. The highest BCUT2D eigenvalue weighted by Gasteiger charge is 2.04. The van der Waals surface area contributed by atoms with E-state index in [-0.39, 0.29) is 25.1 Å². The summed E-state index contributed by atoms with van der Waals surface area (Å²) in [5.74, 6) is 0. The minimum atomic E-state index is 0. The largest absolute Gasteiger partial charge is 0.396 e. The highest BCUT2D eigenvalue weighted by atomic mass is 35.5. The minimum Gasteiger partial charge on any atom is -0.396 e. The molecule has 0 aromatic carbocycles. The first-order valence-electron chi connectivity index (χ1n) is 3.73. The van der Waals surface area contributed by atoms with Gasteiger partial charge >= 0.3 is 0 Å². The molecule has 0 fully saturated rings. The smallest absolute Gasteiger partial charge is 0.0431 e. The summed E-state index contributed by atoms with van der Waals surface area (Å²) < 4.78 is 0. The normalized spacial score (nSPS) is 12.2. The number of aliphatic hydroxyl groups excluding tert-OH is 1. The number of rotatable bonds is 4. The van der Waals surface area contributed by atoms with Crippen LogP contribution >= 0.6 is 23.7 Å². The molecule has 1 aromatic rings. The molecule has 0 saturated carbocycles. The molecule has 4 heteroatoms. The van der Waals surface area contributed by atoms with Crippen molar-refractivity contribution in [3.63, 3.8) is 0 Å². The molecule has 0 aliphatic heterocycles. The van der Waals surface area contributed by atoms with Crippen LogP contribution in [-0.4, -0.2) is 11.7 Å². The molecule has 0 amide bonds. The van der Waals surface area contributed by atoms with E-state index in [9.17, 15) is 0 Å². The molecule has 2 nitrogen and oxygen atoms in total. The third kappa shape index (κ3) is 3.54. The number of aliphatic hydroxyl groups is 1. The third-order valence-electron chi connectivity index (χ3n) is 1.64. The Morgan fingerprint density at radius 3 is 2.83 bits per heavy atom. The van der Waals surface area contributed by atoms with Crippen LogP contribution in [0.5, 0.6) is 0 Å². The zero-order chi connectivity index (χ0) is 8.10. The summed E-state index contributed by atoms with van der Waals surface area (Å²) in [6.45, 7) is 0.234. The molecule has 3 N–H and O–H groups in total. The van der Waals surface area contributed by atoms with E-state index in [0.29, 0.717) is 0 Å². The SMILES string of the molecule is Cl.N[C@H](CCCO)c1ccsc1. The number of hydrogen-bond donors (Lipinski definition) is 2. The van der Waals surface area contributed by atoms with Gasteiger partial charge in [0.15, 0.2) is 0 Å². The Balaban J connectivity index is 0.00000121. The lowest BCUT2D eigenvalue weighted by atomic mass is 10.1. The molecular weight excluding hydrogens is 194 g/mol. The van der Waals surface area contributed by atoms with Gasteiger partial charge in [-0.3, -0.25) is 0 Å². The lowest BCUT2D eigenvalue weighted by Gasteiger charge is -2.07. The topological polar surface area (TPSA) is 46.2 Å². The Morgan fingerprint density at radius 2 is 2.33 bits per heavy atom. The highest BCUT2D eigenvalue weighted by Crippen LogP contribution is 2.17. The lowest BCUT2D eigenvalue weighted by Crippen LogP contribution is -2.09. The van der Waals surface area contributed by atoms with Gasteiger partial charge in [0.2, 0.25) is 0 Å². The molecule has 1 rings (SSSR count). The van der Waals surface area contributed by atoms with E-state index in [2.05, 4.69) is 5.38 Å². The van der Waals surface area contributed by atoms with Gasteiger partial charge in [0.25, 0.3) is 0 Å². The van der Waals surface area contributed by atoms with Crippen molar-refractivity contribution in [2.75, 3.05) is 6.61 Å². The van der Waals surface area contributed by atoms with Gasteiger partial charge in [0.1, 0.15) is 0 Å². The Morgan fingerprint density at radius 1 is 1.58 bits per heavy atom. The van der Waals surface area contributed by atoms with E-state index in [1.54, 1.807) is 11.3 Å². The molecule has 1 heterocycles. The van der Waals surface area contributed by atoms with Gasteiger partial charge in [-0.2, -0.15) is 11.3 Å². The van der Waals surface area contributed by atoms with Crippen LogP contribution in [0.15, 0.2) is 16.8 Å². The van der Waals surface area contributed by atoms with Crippen molar-refractivity contribution in [2.45, 2.75) is 18.9 Å². The van der Waals surface area contributed by atoms with Crippen LogP contribution in [-0.2, 0) is 0 Å². The fraction of sp³-hybridized carbons (Fsp3) is 0.500. The second kappa shape index (κ2) is 6.43. The van der Waals surface area contributed by atoms with Crippen molar-refractivity contribution < 1.29 is 5.11 Å². The molecule has 0 bridgehead atoms. The fourth-order valence-electron chi connectivity index (χ4n) is 0.964. The maximum atomic E-state index is 8.56. The van der Waals surface area contributed by atoms with E-state index in [4.69, 9.17) is 10.8 Å². The van der Waals surface area contributed by atoms with Gasteiger partial charge in [-0.1, -0.05) is 0 Å². The second-order valence-electron chi connectivity index (χ2n) is 2.53. The van der Waals surface area contributed by atoms with E-state index < -0.39 is 0 Å². The molecule has 0 aliphatic rings. The van der Waals surface area contributed by atoms with Crippen molar-refractivity contribution in [1.82, 2.24) is 0 Å². The summed E-state index contributed by atoms with van der Waals surface area (Å²) in [4.78, 5) is 0. The van der Waals surface area contributed by atoms with Gasteiger partial charge in [-0.25, -0.2) is 0 Å². The fourth-order valence-corrected chi connectivity index (χ4v) is 1.69. The first kappa shape index (κ1) is 11.9. The van der Waals surface area contributed by atoms with Gasteiger partial charge in [-0.05, 0) is 35.2 Å². The molecule has 0 spiro atoms. The van der Waals surface area contributed by atoms with Crippen molar-refractivity contribution in [3.05, 3.63) is 22.4 Å². The van der Waals surface area contributed by atoms with E-state index in [0.717, 1.165) is 12.8 Å². The van der Waals surface area contributed by atoms with Crippen molar-refractivity contribution in [2.24, 2.45) is 5.73 Å². The van der Waals surface area contributed by atoms with Crippen molar-refractivity contribution >= 4 is 23.7 Å². The molecule has 0 radical (unpaired) electrons. The predicted octanol–water partition coefficient (Wildman–Crippen LogP) is 1.94. The lowest BCUT2D eigenvalue weighted by molar-refractivity contribution is 0.280. The monoisotopic (exact) mass is 207 g/mol. The van der Waals surface area contributed by atoms with Crippen LogP contribution < -0.4 is 5.73 Å². The van der Waals surface area contributed by atoms with Crippen LogP contribution in [0.3, 0.4) is 0 Å². The van der Waals surface area contributed by atoms with Gasteiger partial charge < -0.3 is 10.8 Å². The van der Waals surface area contributed by atoms with Crippen LogP contribution in [0.25, 0.3) is 0 Å². The molecule has 0 saturated heterocycles. The van der Waals surface area contributed by atoms with Crippen LogP contribution in [0.2, 0.25) is 0 Å². The second-order valence-corrected chi connectivity index (χ2v) is 3.31. The molecule has 12 heavy (non-hydrogen) atoms. The summed E-state index contributed by atoms with van der Waals surface area (Å²) in [7, 11) is 0. The first-order valence-corrected chi connectivity index (χ1v) is 4.67. The molecule has 1 atom stereocenters. The van der Waals surface area contributed by atoms with Crippen molar-refractivity contribution in [1.29, 1.82) is 0 Å². The average molecular weight is 208 g/mol. The Hall–Kier alpha value is -0.0900. The molecular formula is C8H14ClNOS.